The average Bonchev–Trinajstić information content (AvgIpc) is 2.61. The molecule has 16 heavy (non-hydrogen) atoms. The number of hydrogen-bond acceptors (Lipinski definition) is 1. The number of nitrogens with two attached hydrogens (primary N) is 1. The van der Waals surface area contributed by atoms with Crippen molar-refractivity contribution in [2.24, 2.45) is 5.73 Å². The molecule has 1 aromatic heterocycles. The zero-order valence-electron chi connectivity index (χ0n) is 10.4. The van der Waals surface area contributed by atoms with Gasteiger partial charge in [-0.05, 0) is 36.8 Å². The Balaban J connectivity index is 2.04. The smallest absolute Gasteiger partial charge is 0.0312 e. The van der Waals surface area contributed by atoms with Gasteiger partial charge in [-0.25, -0.2) is 0 Å². The molecule has 2 rings (SSSR count). The summed E-state index contributed by atoms with van der Waals surface area (Å²) < 4.78 is 2.35. The quantitative estimate of drug-likeness (QED) is 0.612. The van der Waals surface area contributed by atoms with Crippen LogP contribution in [0.5, 0.6) is 0 Å². The molecule has 1 aromatic rings. The Morgan fingerprint density at radius 1 is 1.31 bits per heavy atom. The van der Waals surface area contributed by atoms with Crippen LogP contribution in [0.25, 0.3) is 0 Å². The second-order valence-corrected chi connectivity index (χ2v) is 5.04. The van der Waals surface area contributed by atoms with Crippen molar-refractivity contribution in [1.29, 1.82) is 0 Å². The van der Waals surface area contributed by atoms with Gasteiger partial charge in [0.1, 0.15) is 0 Å². The molecule has 2 N–H and O–H groups in total. The van der Waals surface area contributed by atoms with Gasteiger partial charge >= 0.3 is 0 Å². The fourth-order valence-electron chi connectivity index (χ4n) is 2.62. The van der Waals surface area contributed by atoms with Gasteiger partial charge in [-0.15, -0.1) is 0 Å². The molecule has 1 aliphatic rings. The number of fused-ring (bicyclic) bond motifs is 1. The third-order valence-electron chi connectivity index (χ3n) is 3.63. The minimum absolute atomic E-state index is 0.282. The van der Waals surface area contributed by atoms with Gasteiger partial charge in [0.2, 0.25) is 0 Å². The molecule has 0 spiro atoms. The van der Waals surface area contributed by atoms with Gasteiger partial charge in [0, 0.05) is 25.0 Å². The van der Waals surface area contributed by atoms with Crippen molar-refractivity contribution in [1.82, 2.24) is 4.57 Å². The summed E-state index contributed by atoms with van der Waals surface area (Å²) in [7, 11) is 0. The fraction of sp³-hybridized carbons (Fsp3) is 0.714. The molecule has 0 bridgehead atoms. The maximum Gasteiger partial charge on any atom is 0.0312 e. The van der Waals surface area contributed by atoms with Crippen LogP contribution in [-0.2, 0) is 13.0 Å². The first-order chi connectivity index (χ1) is 7.81. The second-order valence-electron chi connectivity index (χ2n) is 5.04. The molecular weight excluding hydrogens is 196 g/mol. The van der Waals surface area contributed by atoms with Crippen molar-refractivity contribution in [3.63, 3.8) is 0 Å². The summed E-state index contributed by atoms with van der Waals surface area (Å²) in [4.78, 5) is 0. The molecule has 1 heterocycles. The van der Waals surface area contributed by atoms with E-state index in [-0.39, 0.29) is 6.04 Å². The lowest BCUT2D eigenvalue weighted by Crippen LogP contribution is -2.09. The largest absolute Gasteiger partial charge is 0.354 e. The lowest BCUT2D eigenvalue weighted by atomic mass is 10.1. The van der Waals surface area contributed by atoms with Crippen molar-refractivity contribution < 1.29 is 0 Å². The number of rotatable bonds is 4. The van der Waals surface area contributed by atoms with Gasteiger partial charge in [0.15, 0.2) is 0 Å². The van der Waals surface area contributed by atoms with Gasteiger partial charge in [-0.3, -0.25) is 0 Å². The van der Waals surface area contributed by atoms with Crippen molar-refractivity contribution in [3.05, 3.63) is 23.5 Å². The number of nitrogens with zero attached hydrogens (tertiary/aromatic N) is 1. The predicted molar refractivity (Wildman–Crippen MR) is 68.4 cm³/mol. The van der Waals surface area contributed by atoms with Gasteiger partial charge in [0.05, 0.1) is 0 Å². The summed E-state index contributed by atoms with van der Waals surface area (Å²) in [5.74, 6) is 0. The van der Waals surface area contributed by atoms with Crippen molar-refractivity contribution in [3.8, 4) is 0 Å². The number of hydrogen-bond donors (Lipinski definition) is 1. The molecule has 0 radical (unpaired) electrons. The number of aryl methyl sites for hydroxylation is 2. The molecule has 0 aromatic carbocycles. The Morgan fingerprint density at radius 3 is 3.00 bits per heavy atom. The molecule has 1 atom stereocenters. The predicted octanol–water partition coefficient (Wildman–Crippen LogP) is 3.40. The van der Waals surface area contributed by atoms with E-state index in [1.165, 1.54) is 49.7 Å². The van der Waals surface area contributed by atoms with Crippen LogP contribution in [-0.4, -0.2) is 4.57 Å². The molecule has 1 unspecified atom stereocenters. The molecule has 1 aliphatic carbocycles. The van der Waals surface area contributed by atoms with E-state index in [4.69, 9.17) is 5.73 Å². The van der Waals surface area contributed by atoms with E-state index in [9.17, 15) is 0 Å². The van der Waals surface area contributed by atoms with Crippen LogP contribution in [0.4, 0.5) is 0 Å². The average molecular weight is 220 g/mol. The maximum absolute atomic E-state index is 6.20. The van der Waals surface area contributed by atoms with Gasteiger partial charge in [-0.2, -0.15) is 0 Å². The Bertz CT molecular complexity index is 327. The van der Waals surface area contributed by atoms with E-state index in [1.807, 2.05) is 0 Å². The third-order valence-corrected chi connectivity index (χ3v) is 3.63. The maximum atomic E-state index is 6.20. The van der Waals surface area contributed by atoms with Crippen molar-refractivity contribution in [2.75, 3.05) is 0 Å². The SMILES string of the molecule is CCCCCn1cc2c(c1)C(N)CCCC2. The summed E-state index contributed by atoms with van der Waals surface area (Å²) in [5, 5.41) is 0. The molecule has 0 amide bonds. The Hall–Kier alpha value is -0.760. The van der Waals surface area contributed by atoms with E-state index >= 15 is 0 Å². The molecule has 90 valence electrons. The highest BCUT2D eigenvalue weighted by atomic mass is 14.9. The zero-order valence-corrected chi connectivity index (χ0v) is 10.4. The van der Waals surface area contributed by atoms with E-state index in [0.29, 0.717) is 0 Å². The number of unbranched alkanes of at least 4 members (excludes halogenated alkanes) is 2. The van der Waals surface area contributed by atoms with Crippen LogP contribution in [0, 0.1) is 0 Å². The van der Waals surface area contributed by atoms with E-state index < -0.39 is 0 Å². The number of aromatic nitrogens is 1. The van der Waals surface area contributed by atoms with Gasteiger partial charge in [0.25, 0.3) is 0 Å². The Labute approximate surface area is 98.8 Å². The minimum Gasteiger partial charge on any atom is -0.354 e. The molecule has 0 aliphatic heterocycles. The summed E-state index contributed by atoms with van der Waals surface area (Å²) in [6.07, 6.45) is 13.5. The Kier molecular flexibility index (Phi) is 4.05. The second kappa shape index (κ2) is 5.53. The van der Waals surface area contributed by atoms with Crippen molar-refractivity contribution >= 4 is 0 Å². The lowest BCUT2D eigenvalue weighted by molar-refractivity contribution is 0.586. The summed E-state index contributed by atoms with van der Waals surface area (Å²) in [6.45, 7) is 3.41. The molecule has 0 fully saturated rings. The van der Waals surface area contributed by atoms with Gasteiger partial charge < -0.3 is 10.3 Å². The van der Waals surface area contributed by atoms with Crippen LogP contribution >= 0.6 is 0 Å². The van der Waals surface area contributed by atoms with Crippen LogP contribution in [0.2, 0.25) is 0 Å². The van der Waals surface area contributed by atoms with E-state index in [0.717, 1.165) is 13.0 Å². The van der Waals surface area contributed by atoms with E-state index in [1.54, 1.807) is 0 Å². The first-order valence-electron chi connectivity index (χ1n) is 6.75. The summed E-state index contributed by atoms with van der Waals surface area (Å²) in [6, 6.07) is 0.282. The van der Waals surface area contributed by atoms with Crippen LogP contribution in [0.3, 0.4) is 0 Å². The van der Waals surface area contributed by atoms with Gasteiger partial charge in [-0.1, -0.05) is 26.2 Å². The highest BCUT2D eigenvalue weighted by Gasteiger charge is 2.16. The summed E-state index contributed by atoms with van der Waals surface area (Å²) >= 11 is 0. The molecular formula is C14H24N2. The fourth-order valence-corrected chi connectivity index (χ4v) is 2.62. The van der Waals surface area contributed by atoms with E-state index in [2.05, 4.69) is 23.9 Å². The first-order valence-corrected chi connectivity index (χ1v) is 6.75. The third kappa shape index (κ3) is 2.67. The van der Waals surface area contributed by atoms with Crippen molar-refractivity contribution in [2.45, 2.75) is 64.5 Å². The highest BCUT2D eigenvalue weighted by molar-refractivity contribution is 5.28. The highest BCUT2D eigenvalue weighted by Crippen LogP contribution is 2.27. The molecule has 0 saturated carbocycles. The summed E-state index contributed by atoms with van der Waals surface area (Å²) in [5.41, 5.74) is 9.11. The van der Waals surface area contributed by atoms with Crippen LogP contribution < -0.4 is 5.73 Å². The molecule has 2 nitrogen and oxygen atoms in total. The molecule has 0 saturated heterocycles. The van der Waals surface area contributed by atoms with Crippen LogP contribution in [0.15, 0.2) is 12.4 Å². The monoisotopic (exact) mass is 220 g/mol. The topological polar surface area (TPSA) is 30.9 Å². The Morgan fingerprint density at radius 2 is 2.19 bits per heavy atom. The molecule has 2 heteroatoms. The standard InChI is InChI=1S/C14H24N2/c1-2-3-6-9-16-10-12-7-4-5-8-14(15)13(12)11-16/h10-11,14H,2-9,15H2,1H3. The zero-order chi connectivity index (χ0) is 11.4. The minimum atomic E-state index is 0.282. The normalized spacial score (nSPS) is 20.5. The first kappa shape index (κ1) is 11.7. The lowest BCUT2D eigenvalue weighted by Gasteiger charge is -2.07. The van der Waals surface area contributed by atoms with Crippen LogP contribution in [0.1, 0.15) is 62.6 Å².